The topological polar surface area (TPSA) is 139 Å². The molecule has 0 saturated heterocycles. The van der Waals surface area contributed by atoms with E-state index in [0.717, 1.165) is 34.5 Å². The number of nitrogens with zero attached hydrogens (tertiary/aromatic N) is 4. The maximum absolute atomic E-state index is 14.1. The zero-order valence-corrected chi connectivity index (χ0v) is 29.2. The number of ether oxygens (including phenoxy) is 2. The van der Waals surface area contributed by atoms with Gasteiger partial charge in [0, 0.05) is 18.8 Å². The molecule has 1 amide bonds. The SMILES string of the molecule is CC[C@@H]1C[C@H](N(Cc2cc(C(F)(F)F)cc(C(F)(F)F)c2)c2ncc(OCCCS(C)(=O)=O)cn2)c2cc(C(F)(F)F)ccc2N1C(=O)OCCC(=O)O. The van der Waals surface area contributed by atoms with E-state index < -0.39 is 94.3 Å². The lowest BCUT2D eigenvalue weighted by Crippen LogP contribution is -2.48. The average molecular weight is 801 g/mol. The summed E-state index contributed by atoms with van der Waals surface area (Å²) in [5.74, 6) is -1.87. The lowest BCUT2D eigenvalue weighted by atomic mass is 9.87. The number of carboxylic acid groups (broad SMARTS) is 1. The molecule has 21 heteroatoms. The largest absolute Gasteiger partial charge is 0.490 e. The number of aliphatic carboxylic acids is 1. The first kappa shape index (κ1) is 41.9. The summed E-state index contributed by atoms with van der Waals surface area (Å²) in [5.41, 5.74) is -5.43. The molecule has 0 bridgehead atoms. The van der Waals surface area contributed by atoms with Crippen molar-refractivity contribution in [1.29, 1.82) is 0 Å². The fourth-order valence-electron chi connectivity index (χ4n) is 5.76. The van der Waals surface area contributed by atoms with Crippen molar-refractivity contribution in [3.8, 4) is 5.75 Å². The van der Waals surface area contributed by atoms with Gasteiger partial charge in [0.25, 0.3) is 0 Å². The Labute approximate surface area is 302 Å². The first-order valence-corrected chi connectivity index (χ1v) is 18.1. The van der Waals surface area contributed by atoms with Crippen molar-refractivity contribution >= 4 is 33.5 Å². The maximum atomic E-state index is 14.1. The van der Waals surface area contributed by atoms with Crippen LogP contribution < -0.4 is 14.5 Å². The number of benzene rings is 2. The van der Waals surface area contributed by atoms with Gasteiger partial charge in [-0.15, -0.1) is 0 Å². The van der Waals surface area contributed by atoms with Gasteiger partial charge in [-0.25, -0.2) is 23.2 Å². The number of aromatic nitrogens is 2. The van der Waals surface area contributed by atoms with Gasteiger partial charge in [-0.2, -0.15) is 39.5 Å². The molecule has 1 N–H and O–H groups in total. The van der Waals surface area contributed by atoms with Crippen LogP contribution in [0.5, 0.6) is 5.75 Å². The smallest absolute Gasteiger partial charge is 0.416 e. The van der Waals surface area contributed by atoms with E-state index in [0.29, 0.717) is 24.3 Å². The number of carbonyl (C=O) groups excluding carboxylic acids is 1. The van der Waals surface area contributed by atoms with Gasteiger partial charge in [0.15, 0.2) is 5.75 Å². The van der Waals surface area contributed by atoms with E-state index in [1.54, 1.807) is 6.92 Å². The number of fused-ring (bicyclic) bond motifs is 1. The Balaban J connectivity index is 1.88. The fourth-order valence-corrected chi connectivity index (χ4v) is 6.40. The van der Waals surface area contributed by atoms with Crippen LogP contribution in [0.3, 0.4) is 0 Å². The summed E-state index contributed by atoms with van der Waals surface area (Å²) in [7, 11) is -3.31. The minimum atomic E-state index is -5.22. The number of hydrogen-bond donors (Lipinski definition) is 1. The van der Waals surface area contributed by atoms with Gasteiger partial charge in [0.2, 0.25) is 5.95 Å². The van der Waals surface area contributed by atoms with Gasteiger partial charge < -0.3 is 19.5 Å². The van der Waals surface area contributed by atoms with E-state index >= 15 is 0 Å². The Morgan fingerprint density at radius 1 is 0.907 bits per heavy atom. The molecule has 2 heterocycles. The molecule has 296 valence electrons. The van der Waals surface area contributed by atoms with E-state index in [1.165, 1.54) is 0 Å². The van der Waals surface area contributed by atoms with Crippen molar-refractivity contribution in [1.82, 2.24) is 9.97 Å². The predicted octanol–water partition coefficient (Wildman–Crippen LogP) is 7.69. The summed E-state index contributed by atoms with van der Waals surface area (Å²) in [5, 5.41) is 8.96. The van der Waals surface area contributed by atoms with Crippen molar-refractivity contribution in [2.24, 2.45) is 0 Å². The van der Waals surface area contributed by atoms with Crippen molar-refractivity contribution < 1.29 is 72.1 Å². The number of amides is 1. The molecule has 0 unspecified atom stereocenters. The minimum absolute atomic E-state index is 0.00394. The van der Waals surface area contributed by atoms with Gasteiger partial charge in [-0.1, -0.05) is 6.92 Å². The summed E-state index contributed by atoms with van der Waals surface area (Å²) < 4.78 is 159. The molecule has 4 rings (SSSR count). The van der Waals surface area contributed by atoms with E-state index in [2.05, 4.69) is 9.97 Å². The third-order valence-electron chi connectivity index (χ3n) is 8.22. The van der Waals surface area contributed by atoms with Crippen LogP contribution in [-0.2, 0) is 44.4 Å². The number of sulfone groups is 1. The average Bonchev–Trinajstić information content (AvgIpc) is 3.06. The van der Waals surface area contributed by atoms with Crippen molar-refractivity contribution in [3.63, 3.8) is 0 Å². The molecular weight excluding hydrogens is 767 g/mol. The lowest BCUT2D eigenvalue weighted by molar-refractivity contribution is -0.143. The molecule has 0 spiro atoms. The molecule has 0 fully saturated rings. The second-order valence-electron chi connectivity index (χ2n) is 12.3. The molecule has 11 nitrogen and oxygen atoms in total. The molecule has 0 aliphatic carbocycles. The predicted molar refractivity (Wildman–Crippen MR) is 173 cm³/mol. The van der Waals surface area contributed by atoms with Crippen molar-refractivity contribution in [2.45, 2.75) is 69.8 Å². The summed E-state index contributed by atoms with van der Waals surface area (Å²) >= 11 is 0. The first-order chi connectivity index (χ1) is 25.0. The van der Waals surface area contributed by atoms with Gasteiger partial charge in [-0.3, -0.25) is 9.69 Å². The van der Waals surface area contributed by atoms with Gasteiger partial charge in [0.1, 0.15) is 16.4 Å². The number of carbonyl (C=O) groups is 2. The van der Waals surface area contributed by atoms with Crippen molar-refractivity contribution in [3.05, 3.63) is 76.6 Å². The Kier molecular flexibility index (Phi) is 12.6. The van der Waals surface area contributed by atoms with Crippen LogP contribution >= 0.6 is 0 Å². The second kappa shape index (κ2) is 16.3. The molecule has 54 heavy (non-hydrogen) atoms. The van der Waals surface area contributed by atoms with Crippen LogP contribution in [0.25, 0.3) is 0 Å². The molecule has 1 aliphatic heterocycles. The highest BCUT2D eigenvalue weighted by Crippen LogP contribution is 2.46. The highest BCUT2D eigenvalue weighted by Gasteiger charge is 2.43. The van der Waals surface area contributed by atoms with Gasteiger partial charge >= 0.3 is 30.6 Å². The highest BCUT2D eigenvalue weighted by molar-refractivity contribution is 7.90. The number of hydrogen-bond acceptors (Lipinski definition) is 9. The van der Waals surface area contributed by atoms with Crippen LogP contribution in [0.1, 0.15) is 66.5 Å². The molecule has 3 aromatic rings. The Hall–Kier alpha value is -4.82. The number of rotatable bonds is 13. The third kappa shape index (κ3) is 10.9. The summed E-state index contributed by atoms with van der Waals surface area (Å²) in [4.78, 5) is 34.8. The molecule has 2 aromatic carbocycles. The van der Waals surface area contributed by atoms with E-state index in [-0.39, 0.29) is 60.6 Å². The van der Waals surface area contributed by atoms with Crippen LogP contribution in [-0.4, -0.2) is 66.8 Å². The zero-order valence-electron chi connectivity index (χ0n) is 28.4. The summed E-state index contributed by atoms with van der Waals surface area (Å²) in [6.07, 6.45) is -13.9. The van der Waals surface area contributed by atoms with Gasteiger partial charge in [0.05, 0.1) is 59.6 Å². The van der Waals surface area contributed by atoms with Crippen LogP contribution in [0, 0.1) is 0 Å². The molecule has 0 radical (unpaired) electrons. The number of anilines is 2. The molecule has 0 saturated carbocycles. The minimum Gasteiger partial charge on any atom is -0.490 e. The highest BCUT2D eigenvalue weighted by atomic mass is 32.2. The zero-order chi connectivity index (χ0) is 40.2. The monoisotopic (exact) mass is 800 g/mol. The number of carboxylic acids is 1. The molecule has 1 aliphatic rings. The Morgan fingerprint density at radius 3 is 2.02 bits per heavy atom. The normalized spacial score (nSPS) is 16.5. The van der Waals surface area contributed by atoms with E-state index in [1.807, 2.05) is 0 Å². The Bertz CT molecular complexity index is 1890. The van der Waals surface area contributed by atoms with Gasteiger partial charge in [-0.05, 0) is 66.8 Å². The second-order valence-corrected chi connectivity index (χ2v) is 14.6. The van der Waals surface area contributed by atoms with Crippen LogP contribution in [0.15, 0.2) is 48.8 Å². The summed E-state index contributed by atoms with van der Waals surface area (Å²) in [6, 6.07) is 0.941. The fraction of sp³-hybridized carbons (Fsp3) is 0.455. The van der Waals surface area contributed by atoms with E-state index in [9.17, 15) is 57.5 Å². The Morgan fingerprint density at radius 2 is 1.50 bits per heavy atom. The van der Waals surface area contributed by atoms with Crippen LogP contribution in [0.4, 0.5) is 55.9 Å². The van der Waals surface area contributed by atoms with Crippen LogP contribution in [0.2, 0.25) is 0 Å². The lowest BCUT2D eigenvalue weighted by Gasteiger charge is -2.44. The first-order valence-electron chi connectivity index (χ1n) is 16.0. The molecule has 1 aromatic heterocycles. The number of halogens is 9. The summed E-state index contributed by atoms with van der Waals surface area (Å²) in [6.45, 7) is 0.117. The maximum Gasteiger partial charge on any atom is 0.416 e. The van der Waals surface area contributed by atoms with E-state index in [4.69, 9.17) is 14.6 Å². The molecule has 2 atom stereocenters. The number of alkyl halides is 9. The van der Waals surface area contributed by atoms with Crippen molar-refractivity contribution in [2.75, 3.05) is 35.0 Å². The standard InChI is InChI=1S/C33H33F9N4O7S/c1-3-23-15-27(25-14-20(31(34,35)36)5-6-26(25)46(23)30(49)53-9-7-28(47)48)45(29-43-16-24(17-44-29)52-8-4-10-54(2,50)51)18-19-11-21(32(37,38)39)13-22(12-19)33(40,41)42/h5-6,11-14,16-17,23,27H,3-4,7-10,15,18H2,1-2H3,(H,47,48)/t23-,27+/m1/s1. The molecular formula is C33H33F9N4O7S. The third-order valence-corrected chi connectivity index (χ3v) is 9.25. The quantitative estimate of drug-likeness (QED) is 0.135.